The van der Waals surface area contributed by atoms with Crippen molar-refractivity contribution >= 4 is 27.5 Å². The van der Waals surface area contributed by atoms with Crippen LogP contribution in [0, 0.1) is 0 Å². The Kier molecular flexibility index (Phi) is 8.70. The maximum Gasteiger partial charge on any atom is 0.243 e. The van der Waals surface area contributed by atoms with E-state index in [-0.39, 0.29) is 23.3 Å². The Hall–Kier alpha value is -1.97. The molecule has 0 saturated heterocycles. The predicted molar refractivity (Wildman–Crippen MR) is 101 cm³/mol. The Labute approximate surface area is 155 Å². The van der Waals surface area contributed by atoms with Crippen LogP contribution in [0.15, 0.2) is 29.2 Å². The van der Waals surface area contributed by atoms with Crippen molar-refractivity contribution in [2.75, 3.05) is 45.1 Å². The van der Waals surface area contributed by atoms with Crippen LogP contribution in [0.1, 0.15) is 20.8 Å². The van der Waals surface area contributed by atoms with Crippen LogP contribution in [-0.2, 0) is 19.6 Å². The molecule has 2 N–H and O–H groups in total. The minimum atomic E-state index is -3.78. The number of nitrogens with zero attached hydrogens (tertiary/aromatic N) is 2. The number of carbonyl (C=O) groups excluding carboxylic acids is 2. The highest BCUT2D eigenvalue weighted by Crippen LogP contribution is 2.17. The van der Waals surface area contributed by atoms with E-state index in [9.17, 15) is 18.0 Å². The Bertz CT molecular complexity index is 700. The van der Waals surface area contributed by atoms with Crippen LogP contribution in [0.5, 0.6) is 0 Å². The van der Waals surface area contributed by atoms with Gasteiger partial charge in [-0.2, -0.15) is 4.31 Å². The standard InChI is InChI=1S/C17H28N4O4S/c1-5-21(6-2)12-11-18-17(23)13-20(4)26(24,25)16-9-7-15(8-10-16)19-14(3)22/h7-10H,5-6,11-13H2,1-4H3,(H,18,23)(H,19,22). The zero-order chi connectivity index (χ0) is 19.7. The highest BCUT2D eigenvalue weighted by Gasteiger charge is 2.22. The largest absolute Gasteiger partial charge is 0.354 e. The summed E-state index contributed by atoms with van der Waals surface area (Å²) in [5, 5.41) is 5.30. The predicted octanol–water partition coefficient (Wildman–Crippen LogP) is 0.724. The number of carbonyl (C=O) groups is 2. The molecular weight excluding hydrogens is 356 g/mol. The normalized spacial score (nSPS) is 11.6. The summed E-state index contributed by atoms with van der Waals surface area (Å²) in [6, 6.07) is 5.81. The third kappa shape index (κ3) is 6.74. The Balaban J connectivity index is 2.62. The van der Waals surface area contributed by atoms with Gasteiger partial charge < -0.3 is 15.5 Å². The molecule has 1 aromatic carbocycles. The molecule has 2 amide bonds. The van der Waals surface area contributed by atoms with E-state index in [0.717, 1.165) is 23.9 Å². The molecule has 0 aliphatic rings. The molecule has 0 fully saturated rings. The molecule has 0 atom stereocenters. The number of likely N-dealkylation sites (N-methyl/N-ethyl adjacent to an activating group) is 2. The smallest absolute Gasteiger partial charge is 0.243 e. The first-order valence-electron chi connectivity index (χ1n) is 8.53. The van der Waals surface area contributed by atoms with E-state index >= 15 is 0 Å². The van der Waals surface area contributed by atoms with E-state index in [4.69, 9.17) is 0 Å². The van der Waals surface area contributed by atoms with E-state index in [1.165, 1.54) is 38.2 Å². The Morgan fingerprint density at radius 2 is 1.65 bits per heavy atom. The number of nitrogens with one attached hydrogen (secondary N) is 2. The highest BCUT2D eigenvalue weighted by atomic mass is 32.2. The van der Waals surface area contributed by atoms with Crippen molar-refractivity contribution in [1.29, 1.82) is 0 Å². The second kappa shape index (κ2) is 10.2. The van der Waals surface area contributed by atoms with Crippen LogP contribution in [-0.4, -0.2) is 69.2 Å². The molecule has 0 radical (unpaired) electrons. The van der Waals surface area contributed by atoms with Gasteiger partial charge in [-0.3, -0.25) is 9.59 Å². The monoisotopic (exact) mass is 384 g/mol. The topological polar surface area (TPSA) is 98.8 Å². The zero-order valence-electron chi connectivity index (χ0n) is 15.8. The average Bonchev–Trinajstić information content (AvgIpc) is 2.58. The lowest BCUT2D eigenvalue weighted by molar-refractivity contribution is -0.121. The molecule has 9 heteroatoms. The number of amides is 2. The van der Waals surface area contributed by atoms with Gasteiger partial charge in [-0.15, -0.1) is 0 Å². The Morgan fingerprint density at radius 1 is 1.08 bits per heavy atom. The number of benzene rings is 1. The van der Waals surface area contributed by atoms with Gasteiger partial charge in [-0.1, -0.05) is 13.8 Å². The molecule has 1 rings (SSSR count). The average molecular weight is 385 g/mol. The van der Waals surface area contributed by atoms with Gasteiger partial charge in [-0.25, -0.2) is 8.42 Å². The number of hydrogen-bond donors (Lipinski definition) is 2. The molecule has 0 saturated carbocycles. The molecule has 0 spiro atoms. The molecule has 1 aromatic rings. The van der Waals surface area contributed by atoms with Gasteiger partial charge in [0.15, 0.2) is 0 Å². The maximum atomic E-state index is 12.5. The first-order valence-corrected chi connectivity index (χ1v) is 9.97. The van der Waals surface area contributed by atoms with E-state index in [2.05, 4.69) is 15.5 Å². The van der Waals surface area contributed by atoms with Crippen LogP contribution in [0.2, 0.25) is 0 Å². The van der Waals surface area contributed by atoms with Crippen molar-refractivity contribution in [3.05, 3.63) is 24.3 Å². The summed E-state index contributed by atoms with van der Waals surface area (Å²) in [6.45, 7) is 8.20. The minimum absolute atomic E-state index is 0.0602. The SMILES string of the molecule is CCN(CC)CCNC(=O)CN(C)S(=O)(=O)c1ccc(NC(C)=O)cc1. The van der Waals surface area contributed by atoms with Crippen LogP contribution in [0.4, 0.5) is 5.69 Å². The molecule has 0 aliphatic carbocycles. The molecule has 0 bridgehead atoms. The third-order valence-corrected chi connectivity index (χ3v) is 5.71. The van der Waals surface area contributed by atoms with Crippen molar-refractivity contribution in [1.82, 2.24) is 14.5 Å². The summed E-state index contributed by atoms with van der Waals surface area (Å²) < 4.78 is 26.1. The molecule has 26 heavy (non-hydrogen) atoms. The first-order chi connectivity index (χ1) is 12.2. The fraction of sp³-hybridized carbons (Fsp3) is 0.529. The van der Waals surface area contributed by atoms with Crippen molar-refractivity contribution < 1.29 is 18.0 Å². The molecule has 146 valence electrons. The first kappa shape index (κ1) is 22.1. The number of rotatable bonds is 10. The van der Waals surface area contributed by atoms with Crippen LogP contribution in [0.25, 0.3) is 0 Å². The van der Waals surface area contributed by atoms with Gasteiger partial charge in [0.1, 0.15) is 0 Å². The van der Waals surface area contributed by atoms with Gasteiger partial charge in [0.25, 0.3) is 0 Å². The second-order valence-electron chi connectivity index (χ2n) is 5.84. The summed E-state index contributed by atoms with van der Waals surface area (Å²) in [7, 11) is -2.42. The van der Waals surface area contributed by atoms with Gasteiger partial charge in [0.2, 0.25) is 21.8 Å². The maximum absolute atomic E-state index is 12.5. The summed E-state index contributed by atoms with van der Waals surface area (Å²) >= 11 is 0. The number of sulfonamides is 1. The van der Waals surface area contributed by atoms with Crippen molar-refractivity contribution in [2.24, 2.45) is 0 Å². The zero-order valence-corrected chi connectivity index (χ0v) is 16.6. The third-order valence-electron chi connectivity index (χ3n) is 3.89. The summed E-state index contributed by atoms with van der Waals surface area (Å²) in [5.41, 5.74) is 0.508. The summed E-state index contributed by atoms with van der Waals surface area (Å²) in [4.78, 5) is 25.2. The summed E-state index contributed by atoms with van der Waals surface area (Å²) in [6.07, 6.45) is 0. The number of hydrogen-bond acceptors (Lipinski definition) is 5. The van der Waals surface area contributed by atoms with E-state index < -0.39 is 10.0 Å². The van der Waals surface area contributed by atoms with Crippen molar-refractivity contribution in [3.8, 4) is 0 Å². The lowest BCUT2D eigenvalue weighted by atomic mass is 10.3. The molecular formula is C17H28N4O4S. The quantitative estimate of drug-likeness (QED) is 0.619. The van der Waals surface area contributed by atoms with Gasteiger partial charge in [-0.05, 0) is 37.4 Å². The molecule has 8 nitrogen and oxygen atoms in total. The van der Waals surface area contributed by atoms with Crippen LogP contribution >= 0.6 is 0 Å². The molecule has 0 aromatic heterocycles. The van der Waals surface area contributed by atoms with Crippen molar-refractivity contribution in [2.45, 2.75) is 25.7 Å². The summed E-state index contributed by atoms with van der Waals surface area (Å²) in [5.74, 6) is -0.586. The molecule has 0 heterocycles. The second-order valence-corrected chi connectivity index (χ2v) is 7.89. The van der Waals surface area contributed by atoms with Gasteiger partial charge in [0, 0.05) is 32.7 Å². The Morgan fingerprint density at radius 3 is 2.15 bits per heavy atom. The fourth-order valence-corrected chi connectivity index (χ4v) is 3.46. The minimum Gasteiger partial charge on any atom is -0.354 e. The van der Waals surface area contributed by atoms with Gasteiger partial charge in [0.05, 0.1) is 11.4 Å². The number of anilines is 1. The fourth-order valence-electron chi connectivity index (χ4n) is 2.33. The molecule has 0 aliphatic heterocycles. The van der Waals surface area contributed by atoms with Crippen LogP contribution in [0.3, 0.4) is 0 Å². The van der Waals surface area contributed by atoms with Crippen LogP contribution < -0.4 is 10.6 Å². The lowest BCUT2D eigenvalue weighted by Crippen LogP contribution is -2.41. The lowest BCUT2D eigenvalue weighted by Gasteiger charge is -2.19. The van der Waals surface area contributed by atoms with E-state index in [1.54, 1.807) is 0 Å². The van der Waals surface area contributed by atoms with Crippen molar-refractivity contribution in [3.63, 3.8) is 0 Å². The highest BCUT2D eigenvalue weighted by molar-refractivity contribution is 7.89. The van der Waals surface area contributed by atoms with Gasteiger partial charge >= 0.3 is 0 Å². The molecule has 0 unspecified atom stereocenters. The van der Waals surface area contributed by atoms with E-state index in [1.807, 2.05) is 13.8 Å². The van der Waals surface area contributed by atoms with E-state index in [0.29, 0.717) is 12.2 Å².